The number of hydrogen-bond acceptors (Lipinski definition) is 4. The second-order valence-corrected chi connectivity index (χ2v) is 7.49. The minimum Gasteiger partial charge on any atom is -0.496 e. The fraction of sp³-hybridized carbons (Fsp3) is 0.250. The van der Waals surface area contributed by atoms with Gasteiger partial charge in [-0.1, -0.05) is 0 Å². The second-order valence-electron chi connectivity index (χ2n) is 4.92. The zero-order valence-corrected chi connectivity index (χ0v) is 14.6. The maximum Gasteiger partial charge on any atom is 0.261 e. The molecule has 2 aromatic carbocycles. The number of nitrogens with one attached hydrogen (secondary N) is 1. The zero-order valence-electron chi connectivity index (χ0n) is 13.0. The van der Waals surface area contributed by atoms with Gasteiger partial charge in [0.2, 0.25) is 0 Å². The molecule has 0 aromatic heterocycles. The predicted molar refractivity (Wildman–Crippen MR) is 91.5 cm³/mol. The smallest absolute Gasteiger partial charge is 0.261 e. The quantitative estimate of drug-likeness (QED) is 0.842. The lowest BCUT2D eigenvalue weighted by atomic mass is 10.1. The van der Waals surface area contributed by atoms with E-state index in [1.54, 1.807) is 55.3 Å². The van der Waals surface area contributed by atoms with E-state index >= 15 is 0 Å². The van der Waals surface area contributed by atoms with E-state index in [9.17, 15) is 8.42 Å². The first-order chi connectivity index (χ1) is 10.4. The summed E-state index contributed by atoms with van der Waals surface area (Å²) in [5, 5.41) is 0. The van der Waals surface area contributed by atoms with Gasteiger partial charge in [-0.15, -0.1) is 11.8 Å². The first-order valence-electron chi connectivity index (χ1n) is 6.69. The van der Waals surface area contributed by atoms with Gasteiger partial charge in [0.1, 0.15) is 5.75 Å². The maximum atomic E-state index is 12.4. The predicted octanol–water partition coefficient (Wildman–Crippen LogP) is 3.83. The summed E-state index contributed by atoms with van der Waals surface area (Å²) in [6.07, 6.45) is 1.95. The number of benzene rings is 2. The molecule has 0 saturated carbocycles. The number of thioether (sulfide) groups is 1. The molecule has 0 heterocycles. The van der Waals surface area contributed by atoms with Gasteiger partial charge in [-0.05, 0) is 67.6 Å². The van der Waals surface area contributed by atoms with E-state index < -0.39 is 10.0 Å². The van der Waals surface area contributed by atoms with Gasteiger partial charge in [0.05, 0.1) is 12.0 Å². The molecule has 6 heteroatoms. The lowest BCUT2D eigenvalue weighted by Crippen LogP contribution is -2.13. The van der Waals surface area contributed by atoms with Gasteiger partial charge in [0.25, 0.3) is 10.0 Å². The summed E-state index contributed by atoms with van der Waals surface area (Å²) in [5.74, 6) is 0.771. The first-order valence-corrected chi connectivity index (χ1v) is 9.40. The lowest BCUT2D eigenvalue weighted by Gasteiger charge is -2.13. The third-order valence-corrected chi connectivity index (χ3v) is 5.43. The third kappa shape index (κ3) is 3.56. The highest BCUT2D eigenvalue weighted by atomic mass is 32.2. The van der Waals surface area contributed by atoms with Crippen molar-refractivity contribution in [1.29, 1.82) is 0 Å². The van der Waals surface area contributed by atoms with E-state index in [0.717, 1.165) is 21.8 Å². The first kappa shape index (κ1) is 16.7. The van der Waals surface area contributed by atoms with Crippen molar-refractivity contribution in [2.45, 2.75) is 23.6 Å². The SMILES string of the molecule is COc1c(C)cc(NS(=O)(=O)c2ccc(SC)cc2)cc1C. The van der Waals surface area contributed by atoms with Gasteiger partial charge in [-0.3, -0.25) is 4.72 Å². The molecule has 22 heavy (non-hydrogen) atoms. The van der Waals surface area contributed by atoms with Crippen molar-refractivity contribution in [3.05, 3.63) is 47.5 Å². The molecule has 2 rings (SSSR count). The summed E-state index contributed by atoms with van der Waals surface area (Å²) in [5.41, 5.74) is 2.31. The Kier molecular flexibility index (Phi) is 5.03. The molecule has 118 valence electrons. The molecule has 0 unspecified atom stereocenters. The number of rotatable bonds is 5. The minimum absolute atomic E-state index is 0.247. The van der Waals surface area contributed by atoms with Crippen LogP contribution in [0.25, 0.3) is 0 Å². The zero-order chi connectivity index (χ0) is 16.3. The summed E-state index contributed by atoms with van der Waals surface area (Å²) in [4.78, 5) is 1.27. The molecule has 0 spiro atoms. The number of methoxy groups -OCH3 is 1. The highest BCUT2D eigenvalue weighted by Crippen LogP contribution is 2.28. The summed E-state index contributed by atoms with van der Waals surface area (Å²) < 4.78 is 32.8. The largest absolute Gasteiger partial charge is 0.496 e. The van der Waals surface area contributed by atoms with Crippen LogP contribution >= 0.6 is 11.8 Å². The fourth-order valence-electron chi connectivity index (χ4n) is 2.30. The van der Waals surface area contributed by atoms with Crippen LogP contribution in [0.4, 0.5) is 5.69 Å². The summed E-state index contributed by atoms with van der Waals surface area (Å²) in [7, 11) is -1.99. The molecule has 0 radical (unpaired) electrons. The Bertz CT molecular complexity index is 745. The van der Waals surface area contributed by atoms with Crippen LogP contribution in [-0.4, -0.2) is 21.8 Å². The van der Waals surface area contributed by atoms with E-state index in [0.29, 0.717) is 5.69 Å². The third-order valence-electron chi connectivity index (χ3n) is 3.29. The van der Waals surface area contributed by atoms with Crippen LogP contribution in [0.1, 0.15) is 11.1 Å². The number of sulfonamides is 1. The molecule has 4 nitrogen and oxygen atoms in total. The Morgan fingerprint density at radius 2 is 1.59 bits per heavy atom. The van der Waals surface area contributed by atoms with Gasteiger partial charge < -0.3 is 4.74 Å². The fourth-order valence-corrected chi connectivity index (χ4v) is 3.75. The Morgan fingerprint density at radius 3 is 2.05 bits per heavy atom. The number of ether oxygens (including phenoxy) is 1. The van der Waals surface area contributed by atoms with E-state index in [1.165, 1.54) is 0 Å². The highest BCUT2D eigenvalue weighted by molar-refractivity contribution is 7.98. The highest BCUT2D eigenvalue weighted by Gasteiger charge is 2.15. The Morgan fingerprint density at radius 1 is 1.05 bits per heavy atom. The van der Waals surface area contributed by atoms with E-state index in [2.05, 4.69) is 4.72 Å². The minimum atomic E-state index is -3.59. The van der Waals surface area contributed by atoms with Crippen molar-refractivity contribution >= 4 is 27.5 Å². The standard InChI is InChI=1S/C16H19NO3S2/c1-11-9-13(10-12(2)16(11)20-3)17-22(18,19)15-7-5-14(21-4)6-8-15/h5-10,17H,1-4H3. The molecule has 0 atom stereocenters. The van der Waals surface area contributed by atoms with Crippen LogP contribution in [0.5, 0.6) is 5.75 Å². The van der Waals surface area contributed by atoms with Crippen molar-refractivity contribution in [2.24, 2.45) is 0 Å². The second kappa shape index (κ2) is 6.62. The van der Waals surface area contributed by atoms with Crippen molar-refractivity contribution < 1.29 is 13.2 Å². The van der Waals surface area contributed by atoms with Gasteiger partial charge in [-0.25, -0.2) is 8.42 Å². The lowest BCUT2D eigenvalue weighted by molar-refractivity contribution is 0.408. The van der Waals surface area contributed by atoms with Crippen molar-refractivity contribution in [3.8, 4) is 5.75 Å². The van der Waals surface area contributed by atoms with Crippen LogP contribution in [0.15, 0.2) is 46.2 Å². The number of hydrogen-bond donors (Lipinski definition) is 1. The molecule has 0 aliphatic heterocycles. The average molecular weight is 337 g/mol. The monoisotopic (exact) mass is 337 g/mol. The topological polar surface area (TPSA) is 55.4 Å². The molecular formula is C16H19NO3S2. The van der Waals surface area contributed by atoms with Gasteiger partial charge in [-0.2, -0.15) is 0 Å². The van der Waals surface area contributed by atoms with Crippen LogP contribution in [-0.2, 0) is 10.0 Å². The van der Waals surface area contributed by atoms with Crippen molar-refractivity contribution in [2.75, 3.05) is 18.1 Å². The number of aryl methyl sites for hydroxylation is 2. The van der Waals surface area contributed by atoms with Crippen LogP contribution < -0.4 is 9.46 Å². The van der Waals surface area contributed by atoms with E-state index in [4.69, 9.17) is 4.74 Å². The Balaban J connectivity index is 2.32. The summed E-state index contributed by atoms with van der Waals surface area (Å²) >= 11 is 1.57. The molecule has 0 aliphatic carbocycles. The van der Waals surface area contributed by atoms with Crippen molar-refractivity contribution in [3.63, 3.8) is 0 Å². The normalized spacial score (nSPS) is 11.3. The maximum absolute atomic E-state index is 12.4. The van der Waals surface area contributed by atoms with Crippen molar-refractivity contribution in [1.82, 2.24) is 0 Å². The molecule has 1 N–H and O–H groups in total. The molecule has 0 aliphatic rings. The Labute approximate surface area is 135 Å². The molecule has 2 aromatic rings. The van der Waals surface area contributed by atoms with Crippen LogP contribution in [0.3, 0.4) is 0 Å². The van der Waals surface area contributed by atoms with Gasteiger partial charge >= 0.3 is 0 Å². The summed E-state index contributed by atoms with van der Waals surface area (Å²) in [6.45, 7) is 3.77. The molecule has 0 fully saturated rings. The van der Waals surface area contributed by atoms with Crippen LogP contribution in [0, 0.1) is 13.8 Å². The molecule has 0 saturated heterocycles. The molecule has 0 bridgehead atoms. The Hall–Kier alpha value is -1.66. The van der Waals surface area contributed by atoms with E-state index in [-0.39, 0.29) is 4.90 Å². The molecule has 0 amide bonds. The van der Waals surface area contributed by atoms with Gasteiger partial charge in [0.15, 0.2) is 0 Å². The molecular weight excluding hydrogens is 318 g/mol. The van der Waals surface area contributed by atoms with Gasteiger partial charge in [0, 0.05) is 10.6 Å². The number of anilines is 1. The summed E-state index contributed by atoms with van der Waals surface area (Å²) in [6, 6.07) is 10.3. The van der Waals surface area contributed by atoms with E-state index in [1.807, 2.05) is 20.1 Å². The van der Waals surface area contributed by atoms with Crippen LogP contribution in [0.2, 0.25) is 0 Å². The average Bonchev–Trinajstić information content (AvgIpc) is 2.46.